The zero-order chi connectivity index (χ0) is 20.6. The van der Waals surface area contributed by atoms with E-state index in [1.807, 2.05) is 42.5 Å². The summed E-state index contributed by atoms with van der Waals surface area (Å²) < 4.78 is 0. The summed E-state index contributed by atoms with van der Waals surface area (Å²) >= 11 is 5.95. The van der Waals surface area contributed by atoms with Gasteiger partial charge in [0.2, 0.25) is 0 Å². The zero-order valence-corrected chi connectivity index (χ0v) is 17.1. The molecule has 0 unspecified atom stereocenters. The number of nitrogens with two attached hydrogens (primary N) is 1. The molecule has 0 atom stereocenters. The molecule has 5 N–H and O–H groups in total. The highest BCUT2D eigenvalue weighted by Crippen LogP contribution is 2.23. The van der Waals surface area contributed by atoms with Crippen molar-refractivity contribution in [2.75, 3.05) is 18.4 Å². The maximum absolute atomic E-state index is 7.18. The number of hydrogen-bond acceptors (Lipinski definition) is 4. The minimum Gasteiger partial charge on any atom is -0.370 e. The molecule has 0 amide bonds. The number of benzene rings is 2. The molecule has 2 aromatic carbocycles. The molecular formula is C22H25ClN6. The summed E-state index contributed by atoms with van der Waals surface area (Å²) in [7, 11) is 0. The molecule has 0 saturated carbocycles. The van der Waals surface area contributed by atoms with Crippen molar-refractivity contribution in [1.82, 2.24) is 15.3 Å². The molecule has 0 aliphatic rings. The highest BCUT2D eigenvalue weighted by Gasteiger charge is 2.07. The van der Waals surface area contributed by atoms with Crippen LogP contribution in [0.15, 0.2) is 42.5 Å². The molecule has 7 heteroatoms. The van der Waals surface area contributed by atoms with Crippen LogP contribution in [0.1, 0.15) is 29.8 Å². The second-order valence-corrected chi connectivity index (χ2v) is 7.25. The molecular weight excluding hydrogens is 384 g/mol. The number of nitrogens with one attached hydrogen (secondary N) is 3. The van der Waals surface area contributed by atoms with Gasteiger partial charge in [-0.1, -0.05) is 41.4 Å². The number of aromatic nitrogens is 2. The van der Waals surface area contributed by atoms with E-state index < -0.39 is 0 Å². The summed E-state index contributed by atoms with van der Waals surface area (Å²) in [5.41, 5.74) is 8.40. The largest absolute Gasteiger partial charge is 0.370 e. The molecule has 3 aromatic rings. The van der Waals surface area contributed by atoms with Gasteiger partial charge >= 0.3 is 0 Å². The fourth-order valence-corrected chi connectivity index (χ4v) is 3.02. The molecule has 1 heterocycles. The van der Waals surface area contributed by atoms with E-state index in [-0.39, 0.29) is 5.96 Å². The average Bonchev–Trinajstić information content (AvgIpc) is 2.70. The van der Waals surface area contributed by atoms with Crippen LogP contribution in [0.5, 0.6) is 0 Å². The lowest BCUT2D eigenvalue weighted by Gasteiger charge is -2.11. The number of aryl methyl sites for hydroxylation is 1. The summed E-state index contributed by atoms with van der Waals surface area (Å²) in [6.45, 7) is 3.53. The third-order valence-corrected chi connectivity index (χ3v) is 4.63. The number of nitrogens with zero attached hydrogens (tertiary/aromatic N) is 2. The van der Waals surface area contributed by atoms with Crippen molar-refractivity contribution in [3.63, 3.8) is 0 Å². The highest BCUT2D eigenvalue weighted by molar-refractivity contribution is 6.30. The lowest BCUT2D eigenvalue weighted by molar-refractivity contribution is 0.726. The lowest BCUT2D eigenvalue weighted by atomic mass is 10.1. The van der Waals surface area contributed by atoms with Crippen LogP contribution in [0, 0.1) is 12.3 Å². The van der Waals surface area contributed by atoms with Crippen LogP contribution in [-0.2, 0) is 0 Å². The van der Waals surface area contributed by atoms with Crippen LogP contribution in [0.3, 0.4) is 0 Å². The number of rotatable bonds is 8. The first-order valence-corrected chi connectivity index (χ1v) is 9.93. The van der Waals surface area contributed by atoms with Gasteiger partial charge in [0.1, 0.15) is 5.82 Å². The van der Waals surface area contributed by atoms with Crippen LogP contribution in [0.4, 0.5) is 5.82 Å². The Labute approximate surface area is 175 Å². The minimum atomic E-state index is 0.00680. The fourth-order valence-electron chi connectivity index (χ4n) is 2.89. The molecule has 0 bridgehead atoms. The predicted molar refractivity (Wildman–Crippen MR) is 122 cm³/mol. The Morgan fingerprint density at radius 3 is 2.59 bits per heavy atom. The van der Waals surface area contributed by atoms with Crippen molar-refractivity contribution >= 4 is 46.4 Å². The number of hydrogen-bond donors (Lipinski definition) is 4. The van der Waals surface area contributed by atoms with Crippen molar-refractivity contribution in [3.05, 3.63) is 64.4 Å². The maximum Gasteiger partial charge on any atom is 0.185 e. The Balaban J connectivity index is 1.76. The first-order chi connectivity index (χ1) is 14.0. The number of unbranched alkanes of at least 4 members (excludes halogenated alkanes) is 1. The number of fused-ring (bicyclic) bond motifs is 1. The molecule has 150 valence electrons. The summed E-state index contributed by atoms with van der Waals surface area (Å²) in [5, 5.41) is 15.1. The molecule has 0 aliphatic carbocycles. The van der Waals surface area contributed by atoms with E-state index in [4.69, 9.17) is 27.7 Å². The van der Waals surface area contributed by atoms with Gasteiger partial charge in [-0.15, -0.1) is 0 Å². The number of halogens is 1. The summed E-state index contributed by atoms with van der Waals surface area (Å²) in [6, 6.07) is 13.8. The first kappa shape index (κ1) is 20.6. The van der Waals surface area contributed by atoms with Crippen molar-refractivity contribution in [3.8, 4) is 0 Å². The summed E-state index contributed by atoms with van der Waals surface area (Å²) in [6.07, 6.45) is 5.73. The van der Waals surface area contributed by atoms with Gasteiger partial charge in [0.05, 0.1) is 5.52 Å². The van der Waals surface area contributed by atoms with Gasteiger partial charge in [-0.3, -0.25) is 5.41 Å². The van der Waals surface area contributed by atoms with Crippen LogP contribution in [-0.4, -0.2) is 29.0 Å². The summed E-state index contributed by atoms with van der Waals surface area (Å²) in [5.74, 6) is 1.48. The fraction of sp³-hybridized carbons (Fsp3) is 0.227. The van der Waals surface area contributed by atoms with E-state index in [0.29, 0.717) is 17.4 Å². The van der Waals surface area contributed by atoms with Crippen molar-refractivity contribution < 1.29 is 0 Å². The van der Waals surface area contributed by atoms with Gasteiger partial charge in [0.25, 0.3) is 0 Å². The van der Waals surface area contributed by atoms with Crippen molar-refractivity contribution in [1.29, 1.82) is 5.41 Å². The second kappa shape index (κ2) is 9.89. The third-order valence-electron chi connectivity index (χ3n) is 4.37. The van der Waals surface area contributed by atoms with Gasteiger partial charge in [0.15, 0.2) is 11.8 Å². The molecule has 1 aromatic heterocycles. The van der Waals surface area contributed by atoms with E-state index in [0.717, 1.165) is 41.7 Å². The second-order valence-electron chi connectivity index (χ2n) is 6.81. The average molecular weight is 409 g/mol. The topological polar surface area (TPSA) is 99.7 Å². The molecule has 3 rings (SSSR count). The normalized spacial score (nSPS) is 11.1. The van der Waals surface area contributed by atoms with Gasteiger partial charge in [0, 0.05) is 23.5 Å². The molecule has 0 aliphatic heterocycles. The van der Waals surface area contributed by atoms with Crippen molar-refractivity contribution in [2.24, 2.45) is 5.73 Å². The Kier molecular flexibility index (Phi) is 7.03. The zero-order valence-electron chi connectivity index (χ0n) is 16.4. The SMILES string of the molecule is Cc1ccc2nc(/C=C/c3ccc(Cl)cc3)nc(NCCCCNC(=N)N)c2c1. The molecule has 0 fully saturated rings. The molecule has 0 spiro atoms. The summed E-state index contributed by atoms with van der Waals surface area (Å²) in [4.78, 5) is 9.39. The Hall–Kier alpha value is -3.12. The Morgan fingerprint density at radius 2 is 1.83 bits per heavy atom. The van der Waals surface area contributed by atoms with E-state index in [1.165, 1.54) is 5.56 Å². The molecule has 0 saturated heterocycles. The molecule has 0 radical (unpaired) electrons. The van der Waals surface area contributed by atoms with E-state index in [2.05, 4.69) is 34.7 Å². The van der Waals surface area contributed by atoms with Crippen LogP contribution in [0.2, 0.25) is 5.02 Å². The van der Waals surface area contributed by atoms with E-state index in [1.54, 1.807) is 0 Å². The van der Waals surface area contributed by atoms with Crippen LogP contribution in [0.25, 0.3) is 23.1 Å². The molecule has 29 heavy (non-hydrogen) atoms. The Bertz CT molecular complexity index is 1010. The number of anilines is 1. The number of guanidine groups is 1. The van der Waals surface area contributed by atoms with Crippen LogP contribution >= 0.6 is 11.6 Å². The third kappa shape index (κ3) is 6.19. The standard InChI is InChI=1S/C22H25ClN6/c1-15-4-10-19-18(14-15)21(26-12-2-3-13-27-22(24)25)29-20(28-19)11-7-16-5-8-17(23)9-6-16/h4-11,14H,2-3,12-13H2,1H3,(H4,24,25,27)(H,26,28,29)/b11-7+. The highest BCUT2D eigenvalue weighted by atomic mass is 35.5. The van der Waals surface area contributed by atoms with Crippen LogP contribution < -0.4 is 16.4 Å². The lowest BCUT2D eigenvalue weighted by Crippen LogP contribution is -2.31. The monoisotopic (exact) mass is 408 g/mol. The van der Waals surface area contributed by atoms with E-state index in [9.17, 15) is 0 Å². The van der Waals surface area contributed by atoms with Crippen molar-refractivity contribution in [2.45, 2.75) is 19.8 Å². The van der Waals surface area contributed by atoms with Gasteiger partial charge in [-0.25, -0.2) is 9.97 Å². The Morgan fingerprint density at radius 1 is 1.07 bits per heavy atom. The molecule has 6 nitrogen and oxygen atoms in total. The van der Waals surface area contributed by atoms with Gasteiger partial charge in [-0.2, -0.15) is 0 Å². The smallest absolute Gasteiger partial charge is 0.185 e. The predicted octanol–water partition coefficient (Wildman–Crippen LogP) is 4.44. The maximum atomic E-state index is 7.18. The van der Waals surface area contributed by atoms with Gasteiger partial charge < -0.3 is 16.4 Å². The first-order valence-electron chi connectivity index (χ1n) is 9.55. The quantitative estimate of drug-likeness (QED) is 0.251. The van der Waals surface area contributed by atoms with E-state index >= 15 is 0 Å². The van der Waals surface area contributed by atoms with Gasteiger partial charge in [-0.05, 0) is 55.7 Å². The minimum absolute atomic E-state index is 0.00680.